The smallest absolute Gasteiger partial charge is 0.217 e. The molecule has 2 rings (SSSR count). The van der Waals surface area contributed by atoms with Gasteiger partial charge in [0.15, 0.2) is 0 Å². The lowest BCUT2D eigenvalue weighted by molar-refractivity contribution is 0.322. The van der Waals surface area contributed by atoms with Crippen molar-refractivity contribution in [3.63, 3.8) is 0 Å². The Morgan fingerprint density at radius 2 is 1.80 bits per heavy atom. The van der Waals surface area contributed by atoms with E-state index in [1.165, 1.54) is 12.1 Å². The van der Waals surface area contributed by atoms with Crippen molar-refractivity contribution in [2.75, 3.05) is 6.61 Å². The zero-order valence-corrected chi connectivity index (χ0v) is 12.6. The van der Waals surface area contributed by atoms with Gasteiger partial charge in [0.05, 0.1) is 6.61 Å². The summed E-state index contributed by atoms with van der Waals surface area (Å²) in [6.45, 7) is 8.58. The van der Waals surface area contributed by atoms with Crippen LogP contribution in [0.3, 0.4) is 0 Å². The normalized spacial score (nSPS) is 11.2. The Kier molecular flexibility index (Phi) is 6.71. The van der Waals surface area contributed by atoms with E-state index in [1.807, 2.05) is 32.9 Å². The van der Waals surface area contributed by atoms with E-state index in [0.29, 0.717) is 12.5 Å². The number of hydrogen-bond donors (Lipinski definition) is 0. The third-order valence-electron chi connectivity index (χ3n) is 2.92. The lowest BCUT2D eigenvalue weighted by Gasteiger charge is -2.15. The van der Waals surface area contributed by atoms with Gasteiger partial charge in [0.1, 0.15) is 5.82 Å². The molecule has 0 bridgehead atoms. The summed E-state index contributed by atoms with van der Waals surface area (Å²) in [6, 6.07) is 10.4. The Morgan fingerprint density at radius 3 is 2.40 bits per heavy atom. The van der Waals surface area contributed by atoms with Crippen LogP contribution in [0.15, 0.2) is 42.6 Å². The summed E-state index contributed by atoms with van der Waals surface area (Å²) in [6.07, 6.45) is 1.71. The fourth-order valence-corrected chi connectivity index (χ4v) is 1.92. The van der Waals surface area contributed by atoms with Crippen molar-refractivity contribution in [3.05, 3.63) is 59.5 Å². The number of aromatic nitrogens is 1. The molecule has 0 amide bonds. The van der Waals surface area contributed by atoms with Gasteiger partial charge in [-0.15, -0.1) is 0 Å². The number of benzene rings is 1. The van der Waals surface area contributed by atoms with Crippen molar-refractivity contribution in [3.8, 4) is 5.88 Å². The summed E-state index contributed by atoms with van der Waals surface area (Å²) < 4.78 is 18.4. The fraction of sp³-hybridized carbons (Fsp3) is 0.353. The third kappa shape index (κ3) is 4.05. The first-order valence-corrected chi connectivity index (χ1v) is 7.05. The summed E-state index contributed by atoms with van der Waals surface area (Å²) in [4.78, 5) is 4.24. The number of halogens is 1. The van der Waals surface area contributed by atoms with E-state index in [4.69, 9.17) is 4.74 Å². The standard InChI is InChI=1S/C15H16FNO.C2H6/c1-3-18-15-14(5-4-10-17-15)11(2)12-6-8-13(16)9-7-12;1-2/h4-11H,3H2,1-2H3;1-2H3. The Balaban J connectivity index is 0.000000956. The monoisotopic (exact) mass is 275 g/mol. The van der Waals surface area contributed by atoms with Crippen molar-refractivity contribution >= 4 is 0 Å². The number of rotatable bonds is 4. The third-order valence-corrected chi connectivity index (χ3v) is 2.92. The Morgan fingerprint density at radius 1 is 1.15 bits per heavy atom. The summed E-state index contributed by atoms with van der Waals surface area (Å²) in [7, 11) is 0. The molecule has 2 aromatic rings. The fourth-order valence-electron chi connectivity index (χ4n) is 1.92. The Bertz CT molecular complexity index is 511. The van der Waals surface area contributed by atoms with Crippen LogP contribution < -0.4 is 4.74 Å². The summed E-state index contributed by atoms with van der Waals surface area (Å²) in [5.41, 5.74) is 2.07. The quantitative estimate of drug-likeness (QED) is 0.799. The van der Waals surface area contributed by atoms with Gasteiger partial charge in [-0.2, -0.15) is 0 Å². The second-order valence-corrected chi connectivity index (χ2v) is 4.10. The van der Waals surface area contributed by atoms with Crippen molar-refractivity contribution in [2.24, 2.45) is 0 Å². The molecule has 0 spiro atoms. The molecule has 0 aliphatic rings. The molecule has 0 aliphatic heterocycles. The van der Waals surface area contributed by atoms with Gasteiger partial charge in [-0.25, -0.2) is 9.37 Å². The second-order valence-electron chi connectivity index (χ2n) is 4.10. The number of ether oxygens (including phenoxy) is 1. The van der Waals surface area contributed by atoms with E-state index < -0.39 is 0 Å². The highest BCUT2D eigenvalue weighted by Gasteiger charge is 2.14. The molecule has 3 heteroatoms. The van der Waals surface area contributed by atoms with Gasteiger partial charge in [-0.05, 0) is 30.7 Å². The predicted molar refractivity (Wildman–Crippen MR) is 80.7 cm³/mol. The van der Waals surface area contributed by atoms with E-state index in [2.05, 4.69) is 11.9 Å². The molecule has 2 nitrogen and oxygen atoms in total. The number of nitrogens with zero attached hydrogens (tertiary/aromatic N) is 1. The van der Waals surface area contributed by atoms with Crippen LogP contribution in [0.1, 0.15) is 44.7 Å². The maximum absolute atomic E-state index is 12.9. The number of pyridine rings is 1. The minimum Gasteiger partial charge on any atom is -0.478 e. The van der Waals surface area contributed by atoms with Crippen LogP contribution in [0.4, 0.5) is 4.39 Å². The van der Waals surface area contributed by atoms with Gasteiger partial charge >= 0.3 is 0 Å². The maximum Gasteiger partial charge on any atom is 0.217 e. The molecule has 1 aromatic carbocycles. The second kappa shape index (κ2) is 8.31. The number of hydrogen-bond acceptors (Lipinski definition) is 2. The Hall–Kier alpha value is -1.90. The van der Waals surface area contributed by atoms with Crippen LogP contribution in [0.25, 0.3) is 0 Å². The van der Waals surface area contributed by atoms with Gasteiger partial charge in [0.25, 0.3) is 0 Å². The van der Waals surface area contributed by atoms with Crippen molar-refractivity contribution in [1.82, 2.24) is 4.98 Å². The van der Waals surface area contributed by atoms with Crippen molar-refractivity contribution in [2.45, 2.75) is 33.6 Å². The summed E-state index contributed by atoms with van der Waals surface area (Å²) >= 11 is 0. The molecule has 1 atom stereocenters. The highest BCUT2D eigenvalue weighted by Crippen LogP contribution is 2.29. The molecule has 0 radical (unpaired) electrons. The molecule has 1 aromatic heterocycles. The molecule has 0 N–H and O–H groups in total. The molecule has 20 heavy (non-hydrogen) atoms. The zero-order valence-electron chi connectivity index (χ0n) is 12.6. The van der Waals surface area contributed by atoms with Gasteiger partial charge in [0, 0.05) is 17.7 Å². The molecule has 108 valence electrons. The van der Waals surface area contributed by atoms with E-state index in [1.54, 1.807) is 18.3 Å². The molecule has 0 fully saturated rings. The Labute approximate surface area is 120 Å². The predicted octanol–water partition coefficient (Wildman–Crippen LogP) is 4.80. The molecule has 0 aliphatic carbocycles. The average Bonchev–Trinajstić information content (AvgIpc) is 2.50. The summed E-state index contributed by atoms with van der Waals surface area (Å²) in [5.74, 6) is 0.555. The first kappa shape index (κ1) is 16.2. The van der Waals surface area contributed by atoms with Gasteiger partial charge in [-0.3, -0.25) is 0 Å². The SMILES string of the molecule is CC.CCOc1ncccc1C(C)c1ccc(F)cc1. The lowest BCUT2D eigenvalue weighted by Crippen LogP contribution is -2.03. The molecular weight excluding hydrogens is 253 g/mol. The lowest BCUT2D eigenvalue weighted by atomic mass is 9.94. The van der Waals surface area contributed by atoms with Crippen LogP contribution in [0, 0.1) is 5.82 Å². The van der Waals surface area contributed by atoms with E-state index in [9.17, 15) is 4.39 Å². The molecule has 1 unspecified atom stereocenters. The van der Waals surface area contributed by atoms with Crippen molar-refractivity contribution in [1.29, 1.82) is 0 Å². The molecular formula is C17H22FNO. The first-order valence-electron chi connectivity index (χ1n) is 7.05. The van der Waals surface area contributed by atoms with Crippen molar-refractivity contribution < 1.29 is 9.13 Å². The van der Waals surface area contributed by atoms with Gasteiger partial charge in [0.2, 0.25) is 5.88 Å². The largest absolute Gasteiger partial charge is 0.478 e. The van der Waals surface area contributed by atoms with E-state index in [0.717, 1.165) is 11.1 Å². The van der Waals surface area contributed by atoms with Crippen LogP contribution in [-0.2, 0) is 0 Å². The maximum atomic E-state index is 12.9. The zero-order chi connectivity index (χ0) is 15.0. The van der Waals surface area contributed by atoms with Crippen LogP contribution in [0.2, 0.25) is 0 Å². The molecule has 0 saturated carbocycles. The van der Waals surface area contributed by atoms with E-state index in [-0.39, 0.29) is 11.7 Å². The van der Waals surface area contributed by atoms with Crippen LogP contribution in [0.5, 0.6) is 5.88 Å². The summed E-state index contributed by atoms with van der Waals surface area (Å²) in [5, 5.41) is 0. The van der Waals surface area contributed by atoms with Gasteiger partial charge in [-0.1, -0.05) is 39.0 Å². The minimum atomic E-state index is -0.220. The minimum absolute atomic E-state index is 0.126. The van der Waals surface area contributed by atoms with Gasteiger partial charge < -0.3 is 4.74 Å². The highest BCUT2D eigenvalue weighted by molar-refractivity contribution is 5.37. The highest BCUT2D eigenvalue weighted by atomic mass is 19.1. The van der Waals surface area contributed by atoms with Crippen LogP contribution >= 0.6 is 0 Å². The first-order chi connectivity index (χ1) is 9.72. The topological polar surface area (TPSA) is 22.1 Å². The molecule has 0 saturated heterocycles. The van der Waals surface area contributed by atoms with E-state index >= 15 is 0 Å². The van der Waals surface area contributed by atoms with Crippen LogP contribution in [-0.4, -0.2) is 11.6 Å². The molecule has 1 heterocycles. The average molecular weight is 275 g/mol.